The first-order chi connectivity index (χ1) is 30.8. The monoisotopic (exact) mass is 949 g/mol. The first-order valence-corrected chi connectivity index (χ1v) is 26.3. The number of hydrogen-bond donors (Lipinski definition) is 5. The van der Waals surface area contributed by atoms with Gasteiger partial charge < -0.3 is 34.6 Å². The second kappa shape index (κ2) is 43.1. The Morgan fingerprint density at radius 2 is 0.719 bits per heavy atom. The molecule has 5 N–H and O–H groups in total. The highest BCUT2D eigenvalue weighted by atomic mass is 31.2. The van der Waals surface area contributed by atoms with Gasteiger partial charge in [0.25, 0.3) is 0 Å². The lowest BCUT2D eigenvalue weighted by Gasteiger charge is -2.19. The van der Waals surface area contributed by atoms with E-state index in [0.29, 0.717) is 19.3 Å². The van der Waals surface area contributed by atoms with Gasteiger partial charge in [-0.25, -0.2) is 9.13 Å². The quantitative estimate of drug-likeness (QED) is 0.0166. The first kappa shape index (κ1) is 61.5. The zero-order valence-corrected chi connectivity index (χ0v) is 40.5. The van der Waals surface area contributed by atoms with E-state index >= 15 is 0 Å². The molecule has 15 nitrogen and oxygen atoms in total. The van der Waals surface area contributed by atoms with Gasteiger partial charge in [-0.2, -0.15) is 0 Å². The number of aliphatic hydroxyl groups is 3. The van der Waals surface area contributed by atoms with Crippen LogP contribution >= 0.6 is 15.6 Å². The molecule has 0 fully saturated rings. The summed E-state index contributed by atoms with van der Waals surface area (Å²) in [6, 6.07) is 0. The van der Waals surface area contributed by atoms with Crippen LogP contribution < -0.4 is 0 Å². The van der Waals surface area contributed by atoms with Crippen LogP contribution in [0.4, 0.5) is 0 Å². The van der Waals surface area contributed by atoms with Gasteiger partial charge in [0.15, 0.2) is 0 Å². The van der Waals surface area contributed by atoms with Gasteiger partial charge in [-0.1, -0.05) is 164 Å². The van der Waals surface area contributed by atoms with Crippen molar-refractivity contribution in [1.82, 2.24) is 0 Å². The smallest absolute Gasteiger partial charge is 0.463 e. The normalized spacial score (nSPS) is 15.8. The van der Waals surface area contributed by atoms with Gasteiger partial charge in [0.2, 0.25) is 0 Å². The molecule has 0 amide bonds. The van der Waals surface area contributed by atoms with E-state index in [2.05, 4.69) is 86.6 Å². The summed E-state index contributed by atoms with van der Waals surface area (Å²) in [4.78, 5) is 43.7. The molecule has 64 heavy (non-hydrogen) atoms. The standard InChI is InChI=1S/C47H82O15P2/c1-3-5-7-9-11-13-15-17-18-19-20-21-22-24-26-28-30-32-34-36-47(52)58-38-44(49)40-60-64(55,56)62-42-45(50)41-61-63(53,54)59-39-43(48)37-57-46(51)35-33-31-29-27-25-23-16-14-12-10-8-6-4-2/h5,7,11,13,17-18,20-21,24,26,30,32,43-45,48-50H,3-4,6,8-10,12,14-16,19,22-23,25,27-29,31,33-42H2,1-2H3,(H,53,54)(H,55,56)/b7-5-,13-11-,18-17-,21-20-,26-24-,32-30-. The van der Waals surface area contributed by atoms with E-state index in [1.54, 1.807) is 0 Å². The zero-order valence-electron chi connectivity index (χ0n) is 38.7. The Morgan fingerprint density at radius 1 is 0.422 bits per heavy atom. The predicted molar refractivity (Wildman–Crippen MR) is 251 cm³/mol. The van der Waals surface area contributed by atoms with Crippen molar-refractivity contribution in [3.05, 3.63) is 72.9 Å². The van der Waals surface area contributed by atoms with Crippen LogP contribution in [-0.2, 0) is 46.3 Å². The van der Waals surface area contributed by atoms with Crippen LogP contribution in [-0.4, -0.2) is 95.0 Å². The van der Waals surface area contributed by atoms with Crippen LogP contribution in [0.1, 0.15) is 155 Å². The molecule has 0 aromatic carbocycles. The molecule has 0 aliphatic rings. The molecule has 0 aromatic rings. The minimum absolute atomic E-state index is 0.0682. The summed E-state index contributed by atoms with van der Waals surface area (Å²) in [6.07, 6.45) is 41.9. The Labute approximate surface area is 383 Å². The van der Waals surface area contributed by atoms with Crippen LogP contribution in [0.5, 0.6) is 0 Å². The molecule has 0 bridgehead atoms. The van der Waals surface area contributed by atoms with Crippen molar-refractivity contribution < 1.29 is 71.4 Å². The lowest BCUT2D eigenvalue weighted by atomic mass is 10.0. The number of carbonyl (C=O) groups is 2. The molecule has 0 aromatic heterocycles. The summed E-state index contributed by atoms with van der Waals surface area (Å²) in [5.41, 5.74) is 0. The van der Waals surface area contributed by atoms with Crippen molar-refractivity contribution >= 4 is 27.6 Å². The minimum atomic E-state index is -4.80. The van der Waals surface area contributed by atoms with Gasteiger partial charge in [-0.3, -0.25) is 27.7 Å². The van der Waals surface area contributed by atoms with E-state index in [1.165, 1.54) is 57.8 Å². The number of ether oxygens (including phenoxy) is 2. The molecular formula is C47H82O15P2. The number of allylic oxidation sites excluding steroid dienone is 12. The van der Waals surface area contributed by atoms with E-state index in [1.807, 2.05) is 18.2 Å². The minimum Gasteiger partial charge on any atom is -0.463 e. The lowest BCUT2D eigenvalue weighted by Crippen LogP contribution is -2.25. The summed E-state index contributed by atoms with van der Waals surface area (Å²) < 4.78 is 52.9. The average Bonchev–Trinajstić information content (AvgIpc) is 3.27. The molecule has 5 atom stereocenters. The third kappa shape index (κ3) is 44.7. The second-order valence-corrected chi connectivity index (χ2v) is 18.3. The highest BCUT2D eigenvalue weighted by Gasteiger charge is 2.28. The zero-order chi connectivity index (χ0) is 47.4. The van der Waals surface area contributed by atoms with E-state index in [9.17, 15) is 43.8 Å². The molecule has 0 radical (unpaired) electrons. The van der Waals surface area contributed by atoms with Gasteiger partial charge >= 0.3 is 27.6 Å². The molecule has 0 rings (SSSR count). The predicted octanol–water partition coefficient (Wildman–Crippen LogP) is 10.4. The largest absolute Gasteiger partial charge is 0.472 e. The third-order valence-corrected chi connectivity index (χ3v) is 11.1. The first-order valence-electron chi connectivity index (χ1n) is 23.3. The van der Waals surface area contributed by atoms with Gasteiger partial charge in [-0.15, -0.1) is 0 Å². The number of hydrogen-bond acceptors (Lipinski definition) is 13. The highest BCUT2D eigenvalue weighted by molar-refractivity contribution is 7.47. The van der Waals surface area contributed by atoms with Gasteiger partial charge in [0.1, 0.15) is 31.5 Å². The fourth-order valence-corrected chi connectivity index (χ4v) is 7.18. The molecule has 0 spiro atoms. The van der Waals surface area contributed by atoms with Crippen LogP contribution in [0, 0.1) is 0 Å². The van der Waals surface area contributed by atoms with Crippen molar-refractivity contribution in [1.29, 1.82) is 0 Å². The highest BCUT2D eigenvalue weighted by Crippen LogP contribution is 2.45. The molecule has 370 valence electrons. The second-order valence-electron chi connectivity index (χ2n) is 15.4. The van der Waals surface area contributed by atoms with Crippen molar-refractivity contribution in [2.24, 2.45) is 0 Å². The Kier molecular flexibility index (Phi) is 41.4. The Balaban J connectivity index is 3.99. The molecule has 17 heteroatoms. The Bertz CT molecular complexity index is 1430. The van der Waals surface area contributed by atoms with Gasteiger partial charge in [0.05, 0.1) is 26.4 Å². The molecule has 0 aliphatic heterocycles. The maximum atomic E-state index is 12.1. The van der Waals surface area contributed by atoms with Crippen molar-refractivity contribution in [2.75, 3.05) is 39.6 Å². The number of unbranched alkanes of at least 4 members (excludes halogenated alkanes) is 12. The SMILES string of the molecule is CC/C=C\C/C=C\C/C=C\C/C=C\C/C=C\C/C=C\CCC(=O)OCC(O)COP(=O)(O)OCC(O)COP(=O)(O)OCC(O)COC(=O)CCCCCCCCCCCCCCC. The molecular weight excluding hydrogens is 866 g/mol. The van der Waals surface area contributed by atoms with Gasteiger partial charge in [0, 0.05) is 12.8 Å². The van der Waals surface area contributed by atoms with E-state index in [-0.39, 0.29) is 12.8 Å². The maximum absolute atomic E-state index is 12.1. The summed E-state index contributed by atoms with van der Waals surface area (Å²) >= 11 is 0. The summed E-state index contributed by atoms with van der Waals surface area (Å²) in [5, 5.41) is 30.0. The maximum Gasteiger partial charge on any atom is 0.472 e. The summed E-state index contributed by atoms with van der Waals surface area (Å²) in [6.45, 7) is 0.200. The fraction of sp³-hybridized carbons (Fsp3) is 0.702. The lowest BCUT2D eigenvalue weighted by molar-refractivity contribution is -0.148. The Hall–Kier alpha value is -2.52. The average molecular weight is 949 g/mol. The number of phosphoric acid groups is 2. The number of carbonyl (C=O) groups excluding carboxylic acids is 2. The topological polar surface area (TPSA) is 225 Å². The number of rotatable bonds is 44. The molecule has 0 heterocycles. The molecule has 5 unspecified atom stereocenters. The third-order valence-electron chi connectivity index (χ3n) is 9.19. The fourth-order valence-electron chi connectivity index (χ4n) is 5.59. The molecule has 0 aliphatic carbocycles. The van der Waals surface area contributed by atoms with Crippen LogP contribution in [0.2, 0.25) is 0 Å². The van der Waals surface area contributed by atoms with Crippen LogP contribution in [0.3, 0.4) is 0 Å². The van der Waals surface area contributed by atoms with Crippen molar-refractivity contribution in [3.8, 4) is 0 Å². The number of esters is 2. The Morgan fingerprint density at radius 3 is 1.08 bits per heavy atom. The number of phosphoric ester groups is 2. The molecule has 0 saturated heterocycles. The van der Waals surface area contributed by atoms with Crippen LogP contribution in [0.15, 0.2) is 72.9 Å². The van der Waals surface area contributed by atoms with E-state index in [4.69, 9.17) is 9.47 Å². The van der Waals surface area contributed by atoms with Crippen LogP contribution in [0.25, 0.3) is 0 Å². The summed E-state index contributed by atoms with van der Waals surface area (Å²) in [7, 11) is -9.59. The van der Waals surface area contributed by atoms with E-state index in [0.717, 1.165) is 51.4 Å². The molecule has 0 saturated carbocycles. The van der Waals surface area contributed by atoms with Crippen molar-refractivity contribution in [2.45, 2.75) is 173 Å². The van der Waals surface area contributed by atoms with Gasteiger partial charge in [-0.05, 0) is 51.4 Å². The summed E-state index contributed by atoms with van der Waals surface area (Å²) in [5.74, 6) is -1.08. The number of aliphatic hydroxyl groups excluding tert-OH is 3. The van der Waals surface area contributed by atoms with E-state index < -0.39 is 85.5 Å². The van der Waals surface area contributed by atoms with Crippen molar-refractivity contribution in [3.63, 3.8) is 0 Å².